The Balaban J connectivity index is 2.44. The molecule has 1 saturated heterocycles. The second-order valence-electron chi connectivity index (χ2n) is 4.67. The van der Waals surface area contributed by atoms with Crippen molar-refractivity contribution in [3.8, 4) is 6.07 Å². The van der Waals surface area contributed by atoms with Gasteiger partial charge in [-0.3, -0.25) is 0 Å². The zero-order valence-corrected chi connectivity index (χ0v) is 11.7. The van der Waals surface area contributed by atoms with Crippen molar-refractivity contribution >= 4 is 17.3 Å². The third kappa shape index (κ3) is 2.93. The molecule has 1 aromatic carbocycles. The number of aliphatic hydroxyl groups excluding tert-OH is 1. The van der Waals surface area contributed by atoms with Crippen LogP contribution in [-0.2, 0) is 4.74 Å². The molecule has 0 unspecified atom stereocenters. The summed E-state index contributed by atoms with van der Waals surface area (Å²) >= 11 is 5.99. The zero-order chi connectivity index (χ0) is 15.8. The molecule has 1 N–H and O–H groups in total. The van der Waals surface area contributed by atoms with Gasteiger partial charge < -0.3 is 14.7 Å². The number of nitriles is 1. The van der Waals surface area contributed by atoms with E-state index in [-0.39, 0.29) is 22.8 Å². The van der Waals surface area contributed by atoms with E-state index in [0.29, 0.717) is 5.56 Å². The van der Waals surface area contributed by atoms with Crippen LogP contribution in [0, 0.1) is 18.3 Å². The highest BCUT2D eigenvalue weighted by Crippen LogP contribution is 2.38. The van der Waals surface area contributed by atoms with Gasteiger partial charge in [-0.25, -0.2) is 0 Å². The summed E-state index contributed by atoms with van der Waals surface area (Å²) in [6.45, 7) is 0.925. The molecule has 1 fully saturated rings. The van der Waals surface area contributed by atoms with Crippen molar-refractivity contribution in [3.05, 3.63) is 28.3 Å². The van der Waals surface area contributed by atoms with Crippen LogP contribution in [0.2, 0.25) is 5.02 Å². The quantitative estimate of drug-likeness (QED) is 0.910. The summed E-state index contributed by atoms with van der Waals surface area (Å²) < 4.78 is 44.0. The maximum atomic E-state index is 13.1. The molecule has 2 rings (SSSR count). The van der Waals surface area contributed by atoms with E-state index in [0.717, 1.165) is 4.90 Å². The second kappa shape index (κ2) is 5.72. The minimum Gasteiger partial charge on any atom is -0.394 e. The number of anilines is 1. The number of halogens is 4. The SMILES string of the molecule is Cc1c(N2C[C@@H](CO)O[C@@H]2C(F)(F)F)ccc(C#N)c1Cl. The van der Waals surface area contributed by atoms with Gasteiger partial charge in [0.25, 0.3) is 0 Å². The number of rotatable bonds is 2. The molecule has 2 atom stereocenters. The summed E-state index contributed by atoms with van der Waals surface area (Å²) in [7, 11) is 0. The fourth-order valence-electron chi connectivity index (χ4n) is 2.27. The second-order valence-corrected chi connectivity index (χ2v) is 5.05. The van der Waals surface area contributed by atoms with Crippen LogP contribution in [0.15, 0.2) is 12.1 Å². The molecule has 114 valence electrons. The van der Waals surface area contributed by atoms with Crippen LogP contribution in [0.25, 0.3) is 0 Å². The molecule has 0 saturated carbocycles. The van der Waals surface area contributed by atoms with Gasteiger partial charge in [0.1, 0.15) is 12.2 Å². The molecular weight excluding hydrogens is 309 g/mol. The van der Waals surface area contributed by atoms with Gasteiger partial charge in [0, 0.05) is 12.2 Å². The lowest BCUT2D eigenvalue weighted by Gasteiger charge is -2.28. The maximum Gasteiger partial charge on any atom is 0.433 e. The lowest BCUT2D eigenvalue weighted by molar-refractivity contribution is -0.215. The number of alkyl halides is 3. The lowest BCUT2D eigenvalue weighted by Crippen LogP contribution is -2.42. The Morgan fingerprint density at radius 1 is 1.52 bits per heavy atom. The number of benzene rings is 1. The maximum absolute atomic E-state index is 13.1. The number of aliphatic hydroxyl groups is 1. The first-order valence-electron chi connectivity index (χ1n) is 6.08. The first kappa shape index (κ1) is 15.9. The van der Waals surface area contributed by atoms with Gasteiger partial charge >= 0.3 is 6.18 Å². The fraction of sp³-hybridized carbons (Fsp3) is 0.462. The predicted molar refractivity (Wildman–Crippen MR) is 70.1 cm³/mol. The first-order chi connectivity index (χ1) is 9.79. The molecule has 21 heavy (non-hydrogen) atoms. The summed E-state index contributed by atoms with van der Waals surface area (Å²) in [6.07, 6.45) is -7.67. The molecule has 1 aliphatic heterocycles. The largest absolute Gasteiger partial charge is 0.433 e. The molecule has 0 amide bonds. The van der Waals surface area contributed by atoms with Crippen molar-refractivity contribution in [1.29, 1.82) is 5.26 Å². The van der Waals surface area contributed by atoms with Crippen LogP contribution in [0.3, 0.4) is 0 Å². The van der Waals surface area contributed by atoms with E-state index in [4.69, 9.17) is 26.7 Å². The molecule has 0 aliphatic carbocycles. The Morgan fingerprint density at radius 2 is 2.19 bits per heavy atom. The van der Waals surface area contributed by atoms with Crippen molar-refractivity contribution in [3.63, 3.8) is 0 Å². The average Bonchev–Trinajstić information content (AvgIpc) is 2.86. The van der Waals surface area contributed by atoms with E-state index in [1.165, 1.54) is 19.1 Å². The van der Waals surface area contributed by atoms with Crippen molar-refractivity contribution in [2.24, 2.45) is 0 Å². The van der Waals surface area contributed by atoms with E-state index in [1.807, 2.05) is 6.07 Å². The Labute approximate surface area is 124 Å². The van der Waals surface area contributed by atoms with E-state index in [2.05, 4.69) is 0 Å². The van der Waals surface area contributed by atoms with Gasteiger partial charge in [0.15, 0.2) is 0 Å². The van der Waals surface area contributed by atoms with E-state index < -0.39 is 25.1 Å². The van der Waals surface area contributed by atoms with Crippen molar-refractivity contribution in [2.75, 3.05) is 18.1 Å². The Bertz CT molecular complexity index is 586. The van der Waals surface area contributed by atoms with Crippen molar-refractivity contribution in [2.45, 2.75) is 25.4 Å². The van der Waals surface area contributed by atoms with Crippen LogP contribution < -0.4 is 4.90 Å². The third-order valence-corrected chi connectivity index (χ3v) is 3.76. The van der Waals surface area contributed by atoms with Gasteiger partial charge in [-0.1, -0.05) is 11.6 Å². The molecule has 1 aliphatic rings. The van der Waals surface area contributed by atoms with Gasteiger partial charge in [0.2, 0.25) is 6.23 Å². The molecular formula is C13H12ClF3N2O2. The Morgan fingerprint density at radius 3 is 2.71 bits per heavy atom. The normalized spacial score (nSPS) is 22.4. The topological polar surface area (TPSA) is 56.5 Å². The van der Waals surface area contributed by atoms with Gasteiger partial charge in [-0.05, 0) is 24.6 Å². The third-order valence-electron chi connectivity index (χ3n) is 3.28. The molecule has 0 aromatic heterocycles. The van der Waals surface area contributed by atoms with Gasteiger partial charge in [-0.15, -0.1) is 0 Å². The summed E-state index contributed by atoms with van der Waals surface area (Å²) in [5, 5.41) is 18.0. The molecule has 0 bridgehead atoms. The van der Waals surface area contributed by atoms with Crippen LogP contribution in [-0.4, -0.2) is 36.8 Å². The minimum absolute atomic E-state index is 0.107. The van der Waals surface area contributed by atoms with Crippen LogP contribution in [0.1, 0.15) is 11.1 Å². The number of hydrogen-bond acceptors (Lipinski definition) is 4. The monoisotopic (exact) mass is 320 g/mol. The van der Waals surface area contributed by atoms with Crippen LogP contribution in [0.4, 0.5) is 18.9 Å². The summed E-state index contributed by atoms with van der Waals surface area (Å²) in [5.41, 5.74) is 0.796. The number of ether oxygens (including phenoxy) is 1. The molecule has 1 aromatic rings. The van der Waals surface area contributed by atoms with E-state index in [9.17, 15) is 13.2 Å². The Kier molecular flexibility index (Phi) is 4.33. The van der Waals surface area contributed by atoms with Gasteiger partial charge in [-0.2, -0.15) is 18.4 Å². The van der Waals surface area contributed by atoms with Crippen molar-refractivity contribution < 1.29 is 23.0 Å². The highest BCUT2D eigenvalue weighted by Gasteiger charge is 2.51. The lowest BCUT2D eigenvalue weighted by atomic mass is 10.1. The molecule has 0 radical (unpaired) electrons. The Hall–Kier alpha value is -1.49. The van der Waals surface area contributed by atoms with Gasteiger partial charge in [0.05, 0.1) is 17.2 Å². The van der Waals surface area contributed by atoms with Crippen LogP contribution in [0.5, 0.6) is 0 Å². The summed E-state index contributed by atoms with van der Waals surface area (Å²) in [5.74, 6) is 0. The smallest absolute Gasteiger partial charge is 0.394 e. The average molecular weight is 321 g/mol. The summed E-state index contributed by atoms with van der Waals surface area (Å²) in [4.78, 5) is 1.00. The van der Waals surface area contributed by atoms with Crippen LogP contribution >= 0.6 is 11.6 Å². The minimum atomic E-state index is -4.60. The number of hydrogen-bond donors (Lipinski definition) is 1. The zero-order valence-electron chi connectivity index (χ0n) is 11.0. The highest BCUT2D eigenvalue weighted by molar-refractivity contribution is 6.32. The molecule has 1 heterocycles. The first-order valence-corrected chi connectivity index (χ1v) is 6.46. The molecule has 8 heteroatoms. The standard InChI is InChI=1S/C13H12ClF3N2O2/c1-7-10(3-2-8(4-18)11(7)14)19-5-9(6-20)21-12(19)13(15,16)17/h2-3,9,12,20H,5-6H2,1H3/t9-,12+/m0/s1. The van der Waals surface area contributed by atoms with Crippen molar-refractivity contribution in [1.82, 2.24) is 0 Å². The highest BCUT2D eigenvalue weighted by atomic mass is 35.5. The molecule has 0 spiro atoms. The van der Waals surface area contributed by atoms with E-state index >= 15 is 0 Å². The fourth-order valence-corrected chi connectivity index (χ4v) is 2.47. The van der Waals surface area contributed by atoms with E-state index in [1.54, 1.807) is 0 Å². The molecule has 4 nitrogen and oxygen atoms in total. The predicted octanol–water partition coefficient (Wildman–Crippen LogP) is 2.61. The number of nitrogens with zero attached hydrogens (tertiary/aromatic N) is 2. The summed E-state index contributed by atoms with van der Waals surface area (Å²) in [6, 6.07) is 4.64.